The molecule has 2 aromatic carbocycles. The number of nitrogens with zero attached hydrogens (tertiary/aromatic N) is 3. The second kappa shape index (κ2) is 11.7. The summed E-state index contributed by atoms with van der Waals surface area (Å²) in [5.41, 5.74) is 3.85. The van der Waals surface area contributed by atoms with Gasteiger partial charge in [0.05, 0.1) is 29.1 Å². The summed E-state index contributed by atoms with van der Waals surface area (Å²) < 4.78 is 12.1. The summed E-state index contributed by atoms with van der Waals surface area (Å²) in [7, 11) is 0. The SMILES string of the molecule is CCOc1ccc(-c2ccc(C3C(c4ccccn4)NC(=S)N3c3ccc(N4CC(C)CC(C)C4)c(Cl)c3)o2)cc1. The zero-order valence-electron chi connectivity index (χ0n) is 23.6. The molecule has 6 nitrogen and oxygen atoms in total. The molecule has 2 fully saturated rings. The minimum atomic E-state index is -0.259. The van der Waals surface area contributed by atoms with Crippen molar-refractivity contribution in [3.63, 3.8) is 0 Å². The van der Waals surface area contributed by atoms with Crippen LogP contribution in [-0.4, -0.2) is 29.8 Å². The van der Waals surface area contributed by atoms with Crippen LogP contribution in [0, 0.1) is 11.8 Å². The Labute approximate surface area is 252 Å². The van der Waals surface area contributed by atoms with E-state index in [1.807, 2.05) is 67.6 Å². The monoisotopic (exact) mass is 586 g/mol. The summed E-state index contributed by atoms with van der Waals surface area (Å²) in [4.78, 5) is 9.18. The molecule has 2 aromatic heterocycles. The highest BCUT2D eigenvalue weighted by molar-refractivity contribution is 7.80. The molecule has 2 aliphatic rings. The van der Waals surface area contributed by atoms with E-state index in [2.05, 4.69) is 46.1 Å². The molecule has 6 rings (SSSR count). The standard InChI is InChI=1S/C33H35ClN4O2S/c1-4-39-25-11-8-23(9-12-25)29-14-15-30(40-29)32-31(27-7-5-6-16-35-27)36-33(41)38(32)24-10-13-28(26(34)18-24)37-19-21(2)17-22(3)20-37/h5-16,18,21-22,31-32H,4,17,19-20H2,1-3H3,(H,36,41). The lowest BCUT2D eigenvalue weighted by Gasteiger charge is -2.37. The number of ether oxygens (including phenoxy) is 1. The van der Waals surface area contributed by atoms with Crippen LogP contribution in [0.25, 0.3) is 11.3 Å². The van der Waals surface area contributed by atoms with Crippen LogP contribution in [0.2, 0.25) is 5.02 Å². The Bertz CT molecular complexity index is 1500. The molecule has 0 bridgehead atoms. The molecule has 1 N–H and O–H groups in total. The summed E-state index contributed by atoms with van der Waals surface area (Å²) in [5.74, 6) is 3.68. The molecule has 4 heterocycles. The van der Waals surface area contributed by atoms with E-state index in [0.29, 0.717) is 23.6 Å². The van der Waals surface area contributed by atoms with Crippen molar-refractivity contribution >= 4 is 40.3 Å². The Morgan fingerprint density at radius 2 is 1.80 bits per heavy atom. The highest BCUT2D eigenvalue weighted by Crippen LogP contribution is 2.44. The number of hydrogen-bond donors (Lipinski definition) is 1. The molecule has 2 saturated heterocycles. The zero-order valence-corrected chi connectivity index (χ0v) is 25.2. The van der Waals surface area contributed by atoms with Crippen LogP contribution in [0.1, 0.15) is 50.7 Å². The maximum atomic E-state index is 6.97. The Hall–Kier alpha value is -3.55. The van der Waals surface area contributed by atoms with Crippen molar-refractivity contribution in [2.24, 2.45) is 11.8 Å². The number of furan rings is 1. The molecule has 212 valence electrons. The quantitative estimate of drug-likeness (QED) is 0.220. The average Bonchev–Trinajstić information content (AvgIpc) is 3.58. The van der Waals surface area contributed by atoms with Crippen LogP contribution in [0.5, 0.6) is 5.75 Å². The van der Waals surface area contributed by atoms with Crippen molar-refractivity contribution in [2.45, 2.75) is 39.3 Å². The molecule has 0 aliphatic carbocycles. The number of rotatable bonds is 7. The summed E-state index contributed by atoms with van der Waals surface area (Å²) in [6.45, 7) is 9.26. The third-order valence-electron chi connectivity index (χ3n) is 7.89. The molecule has 41 heavy (non-hydrogen) atoms. The van der Waals surface area contributed by atoms with Gasteiger partial charge in [0.15, 0.2) is 5.11 Å². The highest BCUT2D eigenvalue weighted by atomic mass is 35.5. The fraction of sp³-hybridized carbons (Fsp3) is 0.333. The van der Waals surface area contributed by atoms with Crippen molar-refractivity contribution in [3.8, 4) is 17.1 Å². The Morgan fingerprint density at radius 1 is 1.02 bits per heavy atom. The number of piperidine rings is 1. The van der Waals surface area contributed by atoms with Gasteiger partial charge in [-0.15, -0.1) is 0 Å². The van der Waals surface area contributed by atoms with E-state index in [0.717, 1.165) is 58.0 Å². The molecular weight excluding hydrogens is 552 g/mol. The van der Waals surface area contributed by atoms with Gasteiger partial charge in [-0.1, -0.05) is 31.5 Å². The van der Waals surface area contributed by atoms with Gasteiger partial charge in [-0.3, -0.25) is 4.98 Å². The number of pyridine rings is 1. The van der Waals surface area contributed by atoms with Gasteiger partial charge in [0, 0.05) is 30.5 Å². The maximum Gasteiger partial charge on any atom is 0.174 e. The highest BCUT2D eigenvalue weighted by Gasteiger charge is 2.43. The minimum absolute atomic E-state index is 0.203. The van der Waals surface area contributed by atoms with E-state index in [1.54, 1.807) is 6.20 Å². The molecule has 0 saturated carbocycles. The first kappa shape index (κ1) is 27.6. The molecule has 4 aromatic rings. The fourth-order valence-electron chi connectivity index (χ4n) is 6.23. The van der Waals surface area contributed by atoms with Gasteiger partial charge < -0.3 is 24.3 Å². The minimum Gasteiger partial charge on any atom is -0.494 e. The van der Waals surface area contributed by atoms with Crippen LogP contribution in [0.3, 0.4) is 0 Å². The summed E-state index contributed by atoms with van der Waals surface area (Å²) in [6.07, 6.45) is 3.05. The van der Waals surface area contributed by atoms with E-state index in [1.165, 1.54) is 6.42 Å². The summed E-state index contributed by atoms with van der Waals surface area (Å²) in [6, 6.07) is 23.7. The number of anilines is 2. The third-order valence-corrected chi connectivity index (χ3v) is 8.50. The number of hydrogen-bond acceptors (Lipinski definition) is 5. The number of halogens is 1. The van der Waals surface area contributed by atoms with Gasteiger partial charge in [0.25, 0.3) is 0 Å². The second-order valence-electron chi connectivity index (χ2n) is 11.1. The van der Waals surface area contributed by atoms with E-state index in [4.69, 9.17) is 33.0 Å². The predicted molar refractivity (Wildman–Crippen MR) is 170 cm³/mol. The second-order valence-corrected chi connectivity index (χ2v) is 11.9. The Balaban J connectivity index is 1.35. The van der Waals surface area contributed by atoms with Gasteiger partial charge in [-0.05, 0) is 104 Å². The first-order valence-corrected chi connectivity index (χ1v) is 15.1. The Kier molecular flexibility index (Phi) is 7.91. The van der Waals surface area contributed by atoms with Crippen molar-refractivity contribution in [3.05, 3.63) is 95.5 Å². The molecule has 0 amide bonds. The van der Waals surface area contributed by atoms with Crippen molar-refractivity contribution in [1.29, 1.82) is 0 Å². The summed E-state index contributed by atoms with van der Waals surface area (Å²) in [5, 5.41) is 4.84. The van der Waals surface area contributed by atoms with Gasteiger partial charge in [0.1, 0.15) is 23.3 Å². The number of nitrogens with one attached hydrogen (secondary N) is 1. The average molecular weight is 587 g/mol. The third kappa shape index (κ3) is 5.66. The van der Waals surface area contributed by atoms with Gasteiger partial charge >= 0.3 is 0 Å². The molecule has 8 heteroatoms. The predicted octanol–water partition coefficient (Wildman–Crippen LogP) is 8.05. The molecule has 0 radical (unpaired) electrons. The lowest BCUT2D eigenvalue weighted by atomic mass is 9.91. The van der Waals surface area contributed by atoms with Crippen molar-refractivity contribution in [1.82, 2.24) is 10.3 Å². The number of aromatic nitrogens is 1. The van der Waals surface area contributed by atoms with Crippen molar-refractivity contribution < 1.29 is 9.15 Å². The fourth-order valence-corrected chi connectivity index (χ4v) is 6.87. The largest absolute Gasteiger partial charge is 0.494 e. The summed E-state index contributed by atoms with van der Waals surface area (Å²) >= 11 is 12.9. The Morgan fingerprint density at radius 3 is 2.49 bits per heavy atom. The van der Waals surface area contributed by atoms with E-state index >= 15 is 0 Å². The van der Waals surface area contributed by atoms with Crippen LogP contribution in [-0.2, 0) is 0 Å². The topological polar surface area (TPSA) is 53.8 Å². The van der Waals surface area contributed by atoms with Crippen LogP contribution < -0.4 is 19.9 Å². The van der Waals surface area contributed by atoms with E-state index < -0.39 is 0 Å². The van der Waals surface area contributed by atoms with E-state index in [-0.39, 0.29) is 12.1 Å². The van der Waals surface area contributed by atoms with Crippen molar-refractivity contribution in [2.75, 3.05) is 29.5 Å². The first-order valence-electron chi connectivity index (χ1n) is 14.3. The van der Waals surface area contributed by atoms with Gasteiger partial charge in [-0.25, -0.2) is 0 Å². The normalized spacial score (nSPS) is 22.6. The lowest BCUT2D eigenvalue weighted by molar-refractivity contribution is 0.340. The zero-order chi connectivity index (χ0) is 28.5. The van der Waals surface area contributed by atoms with Gasteiger partial charge in [0.2, 0.25) is 0 Å². The molecule has 0 spiro atoms. The van der Waals surface area contributed by atoms with Crippen LogP contribution in [0.15, 0.2) is 83.4 Å². The lowest BCUT2D eigenvalue weighted by Crippen LogP contribution is -2.38. The smallest absolute Gasteiger partial charge is 0.174 e. The molecule has 4 unspecified atom stereocenters. The van der Waals surface area contributed by atoms with Crippen LogP contribution >= 0.6 is 23.8 Å². The maximum absolute atomic E-state index is 6.97. The number of benzene rings is 2. The molecular formula is C33H35ClN4O2S. The van der Waals surface area contributed by atoms with Gasteiger partial charge in [-0.2, -0.15) is 0 Å². The number of thiocarbonyl (C=S) groups is 1. The van der Waals surface area contributed by atoms with E-state index in [9.17, 15) is 0 Å². The molecule has 2 aliphatic heterocycles. The first-order chi connectivity index (χ1) is 19.9. The van der Waals surface area contributed by atoms with Crippen LogP contribution in [0.4, 0.5) is 11.4 Å². The molecule has 4 atom stereocenters.